The Labute approximate surface area is 137 Å². The van der Waals surface area contributed by atoms with Crippen molar-refractivity contribution in [2.24, 2.45) is 22.9 Å². The number of hydrogen-bond donors (Lipinski definition) is 4. The maximum atomic E-state index is 9.04. The second kappa shape index (κ2) is 24.7. The Morgan fingerprint density at radius 3 is 0.529 bits per heavy atom. The molecule has 96 valence electrons. The van der Waals surface area contributed by atoms with Gasteiger partial charge in [0.05, 0.1) is 21.0 Å². The van der Waals surface area contributed by atoms with Crippen LogP contribution in [0, 0.1) is 0 Å². The molecule has 8 N–H and O–H groups in total. The molecule has 0 fully saturated rings. The standard InChI is InChI=1S/4CH3NOS.Sn/c4*2-1(3)4;/h4*(H3,2,3,4);/q;;;;+4/p-4. The maximum absolute atomic E-state index is 9.04. The molecule has 0 bridgehead atoms. The van der Waals surface area contributed by atoms with Crippen molar-refractivity contribution in [2.75, 3.05) is 0 Å². The molecule has 0 radical (unpaired) electrons. The molecule has 0 atom stereocenters. The second-order valence-electron chi connectivity index (χ2n) is 1.28. The van der Waals surface area contributed by atoms with Crippen LogP contribution in [-0.2, 0) is 50.5 Å². The van der Waals surface area contributed by atoms with Crippen LogP contribution in [-0.4, -0.2) is 44.9 Å². The van der Waals surface area contributed by atoms with Gasteiger partial charge >= 0.3 is 23.9 Å². The molecule has 0 saturated carbocycles. The molecular weight excluding hydrogens is 415 g/mol. The Morgan fingerprint density at radius 1 is 0.529 bits per heavy atom. The minimum atomic E-state index is -0.750. The van der Waals surface area contributed by atoms with Crippen molar-refractivity contribution in [2.45, 2.75) is 0 Å². The fraction of sp³-hybridized carbons (Fsp3) is 0. The van der Waals surface area contributed by atoms with Crippen molar-refractivity contribution in [3.05, 3.63) is 0 Å². The van der Waals surface area contributed by atoms with Gasteiger partial charge in [0.2, 0.25) is 0 Å². The first-order valence-electron chi connectivity index (χ1n) is 2.79. The Bertz CT molecular complexity index is 178. The van der Waals surface area contributed by atoms with Crippen molar-refractivity contribution in [3.8, 4) is 0 Å². The molecule has 0 rings (SSSR count). The average molecular weight is 423 g/mol. The molecule has 17 heavy (non-hydrogen) atoms. The molecule has 0 aromatic heterocycles. The van der Waals surface area contributed by atoms with E-state index in [1.807, 2.05) is 0 Å². The number of hydrogen-bond acceptors (Lipinski definition) is 8. The topological polar surface area (TPSA) is 172 Å². The molecule has 0 spiro atoms. The van der Waals surface area contributed by atoms with Crippen molar-refractivity contribution in [3.63, 3.8) is 0 Å². The van der Waals surface area contributed by atoms with Crippen LogP contribution in [0.4, 0.5) is 19.2 Å². The summed E-state index contributed by atoms with van der Waals surface area (Å²) in [5.74, 6) is 0. The van der Waals surface area contributed by atoms with E-state index in [0.29, 0.717) is 0 Å². The van der Waals surface area contributed by atoms with E-state index in [1.165, 1.54) is 0 Å². The van der Waals surface area contributed by atoms with Gasteiger partial charge < -0.3 is 92.6 Å². The molecule has 8 nitrogen and oxygen atoms in total. The molecule has 0 aromatic rings. The Kier molecular flexibility index (Phi) is 43.6. The summed E-state index contributed by atoms with van der Waals surface area (Å²) in [6.45, 7) is 0. The fourth-order valence-electron chi connectivity index (χ4n) is 0. The third-order valence-corrected chi connectivity index (χ3v) is 0. The van der Waals surface area contributed by atoms with Crippen molar-refractivity contribution in [1.29, 1.82) is 0 Å². The molecule has 0 saturated heterocycles. The predicted molar refractivity (Wildman–Crippen MR) is 73.5 cm³/mol. The third kappa shape index (κ3) is 14700. The van der Waals surface area contributed by atoms with E-state index < -0.39 is 21.0 Å². The molecule has 0 aliphatic carbocycles. The van der Waals surface area contributed by atoms with Crippen molar-refractivity contribution >= 4 is 95.4 Å². The van der Waals surface area contributed by atoms with Crippen LogP contribution >= 0.6 is 0 Å². The summed E-state index contributed by atoms with van der Waals surface area (Å²) < 4.78 is 0. The van der Waals surface area contributed by atoms with Gasteiger partial charge in [0.25, 0.3) is 0 Å². The largest absolute Gasteiger partial charge is 4.00 e. The Balaban J connectivity index is -0.0000000369. The van der Waals surface area contributed by atoms with Gasteiger partial charge in [-0.1, -0.05) is 0 Å². The Morgan fingerprint density at radius 2 is 0.529 bits per heavy atom. The average Bonchev–Trinajstić information content (AvgIpc) is 1.76. The summed E-state index contributed by atoms with van der Waals surface area (Å²) in [7, 11) is 0. The van der Waals surface area contributed by atoms with E-state index >= 15 is 0 Å². The molecular formula is C4H8N4O4S4Sn. The zero-order valence-corrected chi connectivity index (χ0v) is 14.2. The summed E-state index contributed by atoms with van der Waals surface area (Å²) in [6, 6.07) is 0. The molecule has 0 aliphatic heterocycles. The van der Waals surface area contributed by atoms with E-state index in [1.54, 1.807) is 0 Å². The van der Waals surface area contributed by atoms with Gasteiger partial charge in [-0.15, -0.1) is 0 Å². The van der Waals surface area contributed by atoms with E-state index in [9.17, 15) is 0 Å². The van der Waals surface area contributed by atoms with E-state index in [-0.39, 0.29) is 23.9 Å². The van der Waals surface area contributed by atoms with Crippen molar-refractivity contribution < 1.29 is 19.2 Å². The zero-order chi connectivity index (χ0) is 14.3. The summed E-state index contributed by atoms with van der Waals surface area (Å²) in [6.07, 6.45) is 0. The van der Waals surface area contributed by atoms with Crippen LogP contribution < -0.4 is 22.9 Å². The molecule has 0 aliphatic rings. The van der Waals surface area contributed by atoms with E-state index in [2.05, 4.69) is 73.4 Å². The summed E-state index contributed by atoms with van der Waals surface area (Å²) >= 11 is 15.0. The first kappa shape index (κ1) is 30.0. The minimum absolute atomic E-state index is 0. The summed E-state index contributed by atoms with van der Waals surface area (Å²) in [5, 5.41) is -3.00. The van der Waals surface area contributed by atoms with Gasteiger partial charge in [0, 0.05) is 0 Å². The molecule has 13 heteroatoms. The number of carbonyl (C=O) groups excluding carboxylic acids is 4. The molecule has 0 heterocycles. The van der Waals surface area contributed by atoms with Gasteiger partial charge in [-0.05, 0) is 0 Å². The minimum Gasteiger partial charge on any atom is -0.719 e. The number of carbonyl (C=O) groups is 4. The Hall–Kier alpha value is -0.441. The summed E-state index contributed by atoms with van der Waals surface area (Å²) in [5.41, 5.74) is 17.1. The number of amides is 4. The van der Waals surface area contributed by atoms with Crippen LogP contribution in [0.1, 0.15) is 0 Å². The van der Waals surface area contributed by atoms with Crippen LogP contribution in [0.2, 0.25) is 0 Å². The quantitative estimate of drug-likeness (QED) is 0.258. The summed E-state index contributed by atoms with van der Waals surface area (Å²) in [4.78, 5) is 36.1. The normalized spacial score (nSPS) is 5.65. The van der Waals surface area contributed by atoms with Crippen molar-refractivity contribution in [1.82, 2.24) is 0 Å². The van der Waals surface area contributed by atoms with E-state index in [0.717, 1.165) is 0 Å². The van der Waals surface area contributed by atoms with Gasteiger partial charge in [-0.25, -0.2) is 0 Å². The third-order valence-electron chi connectivity index (χ3n) is 0. The van der Waals surface area contributed by atoms with Crippen LogP contribution in [0.3, 0.4) is 0 Å². The fourth-order valence-corrected chi connectivity index (χ4v) is 0. The van der Waals surface area contributed by atoms with Gasteiger partial charge in [-0.2, -0.15) is 0 Å². The molecule has 0 aromatic carbocycles. The van der Waals surface area contributed by atoms with E-state index in [4.69, 9.17) is 19.2 Å². The van der Waals surface area contributed by atoms with Crippen LogP contribution in [0.25, 0.3) is 0 Å². The smallest absolute Gasteiger partial charge is 0.719 e. The predicted octanol–water partition coefficient (Wildman–Crippen LogP) is -1.93. The SMILES string of the molecule is NC(=O)[S-].NC(=O)[S-].NC(=O)[S-].NC(=O)[S-].[Sn+4]. The zero-order valence-electron chi connectivity index (χ0n) is 8.08. The second-order valence-corrected chi connectivity index (χ2v) is 2.89. The maximum Gasteiger partial charge on any atom is 4.00 e. The van der Waals surface area contributed by atoms with Gasteiger partial charge in [0.1, 0.15) is 0 Å². The molecule has 4 amide bonds. The van der Waals surface area contributed by atoms with Gasteiger partial charge in [-0.3, -0.25) is 0 Å². The van der Waals surface area contributed by atoms with Gasteiger partial charge in [0.15, 0.2) is 0 Å². The first-order chi connectivity index (χ1) is 6.93. The monoisotopic (exact) mass is 424 g/mol. The molecule has 0 unspecified atom stereocenters. The number of rotatable bonds is 0. The number of primary amides is 4. The first-order valence-corrected chi connectivity index (χ1v) is 4.42. The number of nitrogens with two attached hydrogens (primary N) is 4. The van der Waals surface area contributed by atoms with Crippen LogP contribution in [0.5, 0.6) is 0 Å². The van der Waals surface area contributed by atoms with Crippen LogP contribution in [0.15, 0.2) is 0 Å².